The van der Waals surface area contributed by atoms with Gasteiger partial charge in [-0.15, -0.1) is 0 Å². The van der Waals surface area contributed by atoms with Crippen LogP contribution in [0, 0.1) is 5.82 Å². The Morgan fingerprint density at radius 1 is 1.10 bits per heavy atom. The fraction of sp³-hybridized carbons (Fsp3) is 0.652. The Hall–Kier alpha value is -1.99. The highest BCUT2D eigenvalue weighted by Gasteiger charge is 2.23. The van der Waals surface area contributed by atoms with Gasteiger partial charge in [0.25, 0.3) is 0 Å². The first kappa shape index (κ1) is 24.3. The van der Waals surface area contributed by atoms with E-state index in [4.69, 9.17) is 4.74 Å². The van der Waals surface area contributed by atoms with Gasteiger partial charge in [-0.3, -0.25) is 14.5 Å². The SMILES string of the molecule is CCCN(CCC)C(=O)CCCC(=O)NCC(c1ccc(F)cc1)N1CCOCC1. The lowest BCUT2D eigenvalue weighted by Crippen LogP contribution is -2.43. The van der Waals surface area contributed by atoms with Crippen molar-refractivity contribution in [2.75, 3.05) is 45.9 Å². The molecule has 1 N–H and O–H groups in total. The summed E-state index contributed by atoms with van der Waals surface area (Å²) in [5.41, 5.74) is 0.976. The molecule has 1 fully saturated rings. The summed E-state index contributed by atoms with van der Waals surface area (Å²) < 4.78 is 18.8. The summed E-state index contributed by atoms with van der Waals surface area (Å²) in [7, 11) is 0. The van der Waals surface area contributed by atoms with Gasteiger partial charge in [-0.25, -0.2) is 4.39 Å². The van der Waals surface area contributed by atoms with Gasteiger partial charge in [-0.2, -0.15) is 0 Å². The zero-order valence-corrected chi connectivity index (χ0v) is 18.4. The molecule has 0 bridgehead atoms. The molecule has 1 aliphatic heterocycles. The average molecular weight is 422 g/mol. The molecule has 0 saturated carbocycles. The summed E-state index contributed by atoms with van der Waals surface area (Å²) in [6.07, 6.45) is 3.17. The van der Waals surface area contributed by atoms with Crippen LogP contribution in [0.4, 0.5) is 4.39 Å². The van der Waals surface area contributed by atoms with Gasteiger partial charge in [0.05, 0.1) is 19.3 Å². The number of nitrogens with zero attached hydrogens (tertiary/aromatic N) is 2. The molecular formula is C23H36FN3O3. The molecule has 168 valence electrons. The predicted molar refractivity (Wildman–Crippen MR) is 116 cm³/mol. The van der Waals surface area contributed by atoms with E-state index in [0.717, 1.165) is 44.6 Å². The van der Waals surface area contributed by atoms with Crippen molar-refractivity contribution in [2.24, 2.45) is 0 Å². The molecule has 0 aromatic heterocycles. The van der Waals surface area contributed by atoms with Crippen LogP contribution in [0.1, 0.15) is 57.6 Å². The highest BCUT2D eigenvalue weighted by atomic mass is 19.1. The lowest BCUT2D eigenvalue weighted by molar-refractivity contribution is -0.131. The molecule has 30 heavy (non-hydrogen) atoms. The zero-order valence-electron chi connectivity index (χ0n) is 18.4. The molecule has 1 unspecified atom stereocenters. The van der Waals surface area contributed by atoms with Crippen molar-refractivity contribution >= 4 is 11.8 Å². The number of carbonyl (C=O) groups excluding carboxylic acids is 2. The second-order valence-corrected chi connectivity index (χ2v) is 7.75. The third kappa shape index (κ3) is 8.03. The Balaban J connectivity index is 1.83. The number of ether oxygens (including phenoxy) is 1. The van der Waals surface area contributed by atoms with Crippen LogP contribution in [-0.2, 0) is 14.3 Å². The fourth-order valence-corrected chi connectivity index (χ4v) is 3.79. The van der Waals surface area contributed by atoms with E-state index in [-0.39, 0.29) is 23.7 Å². The first-order valence-electron chi connectivity index (χ1n) is 11.2. The molecule has 1 aliphatic rings. The van der Waals surface area contributed by atoms with Crippen molar-refractivity contribution in [3.05, 3.63) is 35.6 Å². The molecule has 1 aromatic rings. The van der Waals surface area contributed by atoms with E-state index in [1.807, 2.05) is 4.90 Å². The Morgan fingerprint density at radius 3 is 2.33 bits per heavy atom. The smallest absolute Gasteiger partial charge is 0.222 e. The summed E-state index contributed by atoms with van der Waals surface area (Å²) >= 11 is 0. The van der Waals surface area contributed by atoms with Crippen LogP contribution in [0.3, 0.4) is 0 Å². The maximum Gasteiger partial charge on any atom is 0.222 e. The number of nitrogens with one attached hydrogen (secondary N) is 1. The molecule has 7 heteroatoms. The standard InChI is InChI=1S/C23H36FN3O3/c1-3-12-27(13-4-2)23(29)7-5-6-22(28)25-18-21(26-14-16-30-17-15-26)19-8-10-20(24)11-9-19/h8-11,21H,3-7,12-18H2,1-2H3,(H,25,28). The summed E-state index contributed by atoms with van der Waals surface area (Å²) in [5.74, 6) is -0.196. The van der Waals surface area contributed by atoms with Crippen LogP contribution in [0.15, 0.2) is 24.3 Å². The van der Waals surface area contributed by atoms with Gasteiger partial charge in [0, 0.05) is 45.6 Å². The molecule has 0 spiro atoms. The second kappa shape index (κ2) is 13.3. The number of rotatable bonds is 12. The van der Waals surface area contributed by atoms with E-state index in [1.165, 1.54) is 12.1 Å². The number of morpholine rings is 1. The van der Waals surface area contributed by atoms with Crippen molar-refractivity contribution in [1.82, 2.24) is 15.1 Å². The van der Waals surface area contributed by atoms with E-state index in [9.17, 15) is 14.0 Å². The van der Waals surface area contributed by atoms with E-state index >= 15 is 0 Å². The van der Waals surface area contributed by atoms with Crippen LogP contribution < -0.4 is 5.32 Å². The van der Waals surface area contributed by atoms with Crippen LogP contribution in [0.25, 0.3) is 0 Å². The number of benzene rings is 1. The minimum atomic E-state index is -0.270. The average Bonchev–Trinajstić information content (AvgIpc) is 2.75. The van der Waals surface area contributed by atoms with Crippen LogP contribution in [0.5, 0.6) is 0 Å². The van der Waals surface area contributed by atoms with Gasteiger partial charge >= 0.3 is 0 Å². The van der Waals surface area contributed by atoms with Gasteiger partial charge in [0.2, 0.25) is 11.8 Å². The third-order valence-corrected chi connectivity index (χ3v) is 5.37. The molecule has 1 saturated heterocycles. The minimum Gasteiger partial charge on any atom is -0.379 e. The van der Waals surface area contributed by atoms with Gasteiger partial charge in [0.1, 0.15) is 5.82 Å². The second-order valence-electron chi connectivity index (χ2n) is 7.75. The Labute approximate surface area is 179 Å². The lowest BCUT2D eigenvalue weighted by atomic mass is 10.0. The Morgan fingerprint density at radius 2 is 1.73 bits per heavy atom. The van der Waals surface area contributed by atoms with E-state index in [0.29, 0.717) is 39.0 Å². The predicted octanol–water partition coefficient (Wildman–Crippen LogP) is 3.13. The number of hydrogen-bond acceptors (Lipinski definition) is 4. The van der Waals surface area contributed by atoms with Crippen molar-refractivity contribution in [3.63, 3.8) is 0 Å². The summed E-state index contributed by atoms with van der Waals surface area (Å²) in [5, 5.41) is 3.01. The fourth-order valence-electron chi connectivity index (χ4n) is 3.79. The van der Waals surface area contributed by atoms with Crippen molar-refractivity contribution in [1.29, 1.82) is 0 Å². The number of amides is 2. The van der Waals surface area contributed by atoms with Gasteiger partial charge in [-0.1, -0.05) is 26.0 Å². The van der Waals surface area contributed by atoms with Crippen molar-refractivity contribution in [3.8, 4) is 0 Å². The van der Waals surface area contributed by atoms with Crippen molar-refractivity contribution in [2.45, 2.75) is 52.0 Å². The van der Waals surface area contributed by atoms with Crippen molar-refractivity contribution < 1.29 is 18.7 Å². The van der Waals surface area contributed by atoms with E-state index in [1.54, 1.807) is 12.1 Å². The highest BCUT2D eigenvalue weighted by Crippen LogP contribution is 2.21. The normalized spacial score (nSPS) is 15.6. The van der Waals surface area contributed by atoms with Gasteiger partial charge in [0.15, 0.2) is 0 Å². The minimum absolute atomic E-state index is 0.0234. The molecule has 0 radical (unpaired) electrons. The highest BCUT2D eigenvalue weighted by molar-refractivity contribution is 5.79. The summed E-state index contributed by atoms with van der Waals surface area (Å²) in [6.45, 7) is 8.99. The summed E-state index contributed by atoms with van der Waals surface area (Å²) in [4.78, 5) is 28.9. The molecule has 1 atom stereocenters. The quantitative estimate of drug-likeness (QED) is 0.563. The monoisotopic (exact) mass is 421 g/mol. The Bertz CT molecular complexity index is 642. The van der Waals surface area contributed by atoms with Crippen LogP contribution in [0.2, 0.25) is 0 Å². The maximum atomic E-state index is 13.3. The van der Waals surface area contributed by atoms with E-state index < -0.39 is 0 Å². The lowest BCUT2D eigenvalue weighted by Gasteiger charge is -2.35. The molecule has 1 heterocycles. The van der Waals surface area contributed by atoms with Crippen LogP contribution >= 0.6 is 0 Å². The summed E-state index contributed by atoms with van der Waals surface area (Å²) in [6, 6.07) is 6.43. The number of carbonyl (C=O) groups is 2. The molecule has 2 amide bonds. The zero-order chi connectivity index (χ0) is 21.8. The first-order valence-corrected chi connectivity index (χ1v) is 11.2. The largest absolute Gasteiger partial charge is 0.379 e. The third-order valence-electron chi connectivity index (χ3n) is 5.37. The first-order chi connectivity index (χ1) is 14.5. The maximum absolute atomic E-state index is 13.3. The van der Waals surface area contributed by atoms with Crippen LogP contribution in [-0.4, -0.2) is 67.6 Å². The van der Waals surface area contributed by atoms with E-state index in [2.05, 4.69) is 24.1 Å². The molecule has 2 rings (SSSR count). The molecule has 0 aliphatic carbocycles. The number of halogens is 1. The van der Waals surface area contributed by atoms with Gasteiger partial charge in [-0.05, 0) is 37.0 Å². The van der Waals surface area contributed by atoms with Gasteiger partial charge < -0.3 is 15.0 Å². The Kier molecular flexibility index (Phi) is 10.8. The number of hydrogen-bond donors (Lipinski definition) is 1. The molecule has 1 aromatic carbocycles. The topological polar surface area (TPSA) is 61.9 Å². The molecular weight excluding hydrogens is 385 g/mol. The molecule has 6 nitrogen and oxygen atoms in total.